The summed E-state index contributed by atoms with van der Waals surface area (Å²) in [6, 6.07) is 17.1. The second-order valence-corrected chi connectivity index (χ2v) is 6.62. The molecule has 2 N–H and O–H groups in total. The van der Waals surface area contributed by atoms with Crippen LogP contribution in [0.4, 0.5) is 4.79 Å². The van der Waals surface area contributed by atoms with Gasteiger partial charge in [0, 0.05) is 12.5 Å². The van der Waals surface area contributed by atoms with E-state index < -0.39 is 29.9 Å². The molecular weight excluding hydrogens is 384 g/mol. The lowest BCUT2D eigenvalue weighted by atomic mass is 10.1. The van der Waals surface area contributed by atoms with Gasteiger partial charge in [-0.05, 0) is 24.1 Å². The van der Waals surface area contributed by atoms with Crippen molar-refractivity contribution in [1.29, 1.82) is 0 Å². The molecule has 7 heteroatoms. The first-order valence-electron chi connectivity index (χ1n) is 9.46. The first-order chi connectivity index (χ1) is 14.5. The zero-order valence-corrected chi connectivity index (χ0v) is 16.6. The highest BCUT2D eigenvalue weighted by Gasteiger charge is 2.23. The first-order valence-corrected chi connectivity index (χ1v) is 9.46. The number of aldehydes is 1. The summed E-state index contributed by atoms with van der Waals surface area (Å²) in [5.41, 5.74) is 1.69. The molecule has 0 aliphatic carbocycles. The zero-order valence-electron chi connectivity index (χ0n) is 16.6. The van der Waals surface area contributed by atoms with Crippen LogP contribution in [0.15, 0.2) is 72.8 Å². The summed E-state index contributed by atoms with van der Waals surface area (Å²) in [5, 5.41) is 5.29. The van der Waals surface area contributed by atoms with Crippen LogP contribution in [-0.2, 0) is 32.1 Å². The third-order valence-corrected chi connectivity index (χ3v) is 4.14. The van der Waals surface area contributed by atoms with Crippen molar-refractivity contribution < 1.29 is 23.9 Å². The van der Waals surface area contributed by atoms with Gasteiger partial charge in [-0.3, -0.25) is 14.4 Å². The van der Waals surface area contributed by atoms with E-state index in [-0.39, 0.29) is 19.3 Å². The Morgan fingerprint density at radius 2 is 1.53 bits per heavy atom. The van der Waals surface area contributed by atoms with Crippen LogP contribution in [0.3, 0.4) is 0 Å². The molecule has 0 bridgehead atoms. The number of ether oxygens (including phenoxy) is 1. The molecule has 0 fully saturated rings. The Kier molecular flexibility index (Phi) is 8.99. The third kappa shape index (κ3) is 8.10. The van der Waals surface area contributed by atoms with Crippen LogP contribution in [0.1, 0.15) is 18.1 Å². The van der Waals surface area contributed by atoms with E-state index in [9.17, 15) is 19.2 Å². The lowest BCUT2D eigenvalue weighted by molar-refractivity contribution is -0.126. The van der Waals surface area contributed by atoms with Gasteiger partial charge in [-0.1, -0.05) is 66.7 Å². The number of hydrogen-bond donors (Lipinski definition) is 2. The highest BCUT2D eigenvalue weighted by molar-refractivity contribution is 6.30. The average Bonchev–Trinajstić information content (AvgIpc) is 2.77. The highest BCUT2D eigenvalue weighted by Crippen LogP contribution is 2.06. The summed E-state index contributed by atoms with van der Waals surface area (Å²) in [6.07, 6.45) is 2.23. The van der Waals surface area contributed by atoms with Crippen LogP contribution in [0.2, 0.25) is 0 Å². The van der Waals surface area contributed by atoms with Crippen LogP contribution in [0.5, 0.6) is 0 Å². The summed E-state index contributed by atoms with van der Waals surface area (Å²) in [6.45, 7) is 1.74. The molecule has 2 rings (SSSR count). The van der Waals surface area contributed by atoms with Gasteiger partial charge in [-0.25, -0.2) is 4.79 Å². The molecule has 7 nitrogen and oxygen atoms in total. The van der Waals surface area contributed by atoms with Crippen LogP contribution < -0.4 is 10.6 Å². The van der Waals surface area contributed by atoms with Gasteiger partial charge in [-0.15, -0.1) is 0 Å². The van der Waals surface area contributed by atoms with Crippen molar-refractivity contribution >= 4 is 24.1 Å². The molecule has 0 aliphatic rings. The summed E-state index contributed by atoms with van der Waals surface area (Å²) >= 11 is 0. The number of hydrogen-bond acceptors (Lipinski definition) is 5. The van der Waals surface area contributed by atoms with Gasteiger partial charge >= 0.3 is 6.09 Å². The van der Waals surface area contributed by atoms with Crippen molar-refractivity contribution in [1.82, 2.24) is 10.6 Å². The number of benzene rings is 2. The SMILES string of the molecule is CC(/C=C/C(=O)C=O)NC(=O)C(Cc1ccccc1)NC(=O)OCc1ccccc1. The molecule has 2 amide bonds. The largest absolute Gasteiger partial charge is 0.445 e. The molecule has 0 saturated heterocycles. The predicted molar refractivity (Wildman–Crippen MR) is 112 cm³/mol. The maximum Gasteiger partial charge on any atom is 0.408 e. The molecule has 2 atom stereocenters. The lowest BCUT2D eigenvalue weighted by Gasteiger charge is -2.20. The Labute approximate surface area is 175 Å². The second kappa shape index (κ2) is 12.0. The van der Waals surface area contributed by atoms with E-state index in [0.717, 1.165) is 17.2 Å². The van der Waals surface area contributed by atoms with E-state index in [0.29, 0.717) is 0 Å². The number of rotatable bonds is 10. The maximum absolute atomic E-state index is 12.7. The Hall–Kier alpha value is -3.74. The molecule has 0 saturated carbocycles. The van der Waals surface area contributed by atoms with Crippen molar-refractivity contribution in [2.75, 3.05) is 0 Å². The van der Waals surface area contributed by atoms with Crippen LogP contribution in [0, 0.1) is 0 Å². The summed E-state index contributed by atoms with van der Waals surface area (Å²) < 4.78 is 5.22. The summed E-state index contributed by atoms with van der Waals surface area (Å²) in [7, 11) is 0. The Morgan fingerprint density at radius 1 is 0.933 bits per heavy atom. The summed E-state index contributed by atoms with van der Waals surface area (Å²) in [4.78, 5) is 46.4. The van der Waals surface area contributed by atoms with Crippen molar-refractivity contribution in [3.05, 3.63) is 83.9 Å². The third-order valence-electron chi connectivity index (χ3n) is 4.14. The maximum atomic E-state index is 12.7. The predicted octanol–water partition coefficient (Wildman–Crippen LogP) is 2.35. The Balaban J connectivity index is 2.00. The van der Waals surface area contributed by atoms with Crippen LogP contribution in [0.25, 0.3) is 0 Å². The standard InChI is InChI=1S/C23H24N2O5/c1-17(12-13-20(27)15-26)24-22(28)21(14-18-8-4-2-5-9-18)25-23(29)30-16-19-10-6-3-7-11-19/h2-13,15,17,21H,14,16H2,1H3,(H,24,28)(H,25,29)/b13-12+. The molecule has 0 heterocycles. The molecule has 30 heavy (non-hydrogen) atoms. The fourth-order valence-corrected chi connectivity index (χ4v) is 2.62. The number of carbonyl (C=O) groups is 4. The van der Waals surface area contributed by atoms with Gasteiger partial charge < -0.3 is 15.4 Å². The van der Waals surface area contributed by atoms with E-state index in [1.54, 1.807) is 6.92 Å². The van der Waals surface area contributed by atoms with Crippen molar-refractivity contribution in [2.45, 2.75) is 32.0 Å². The average molecular weight is 408 g/mol. The van der Waals surface area contributed by atoms with Gasteiger partial charge in [0.1, 0.15) is 12.6 Å². The minimum atomic E-state index is -0.881. The first kappa shape index (κ1) is 22.5. The molecule has 0 aromatic heterocycles. The van der Waals surface area contributed by atoms with Gasteiger partial charge in [0.15, 0.2) is 6.29 Å². The van der Waals surface area contributed by atoms with E-state index in [2.05, 4.69) is 10.6 Å². The van der Waals surface area contributed by atoms with Gasteiger partial charge in [-0.2, -0.15) is 0 Å². The molecule has 0 aliphatic heterocycles. The second-order valence-electron chi connectivity index (χ2n) is 6.62. The van der Waals surface area contributed by atoms with E-state index in [4.69, 9.17) is 4.74 Å². The zero-order chi connectivity index (χ0) is 21.8. The molecule has 156 valence electrons. The number of ketones is 1. The molecule has 2 unspecified atom stereocenters. The topological polar surface area (TPSA) is 102 Å². The smallest absolute Gasteiger partial charge is 0.408 e. The van der Waals surface area contributed by atoms with Crippen molar-refractivity contribution in [3.63, 3.8) is 0 Å². The van der Waals surface area contributed by atoms with E-state index in [1.807, 2.05) is 60.7 Å². The minimum absolute atomic E-state index is 0.0826. The van der Waals surface area contributed by atoms with Crippen molar-refractivity contribution in [3.8, 4) is 0 Å². The number of nitrogens with one attached hydrogen (secondary N) is 2. The number of alkyl carbamates (subject to hydrolysis) is 1. The molecule has 0 spiro atoms. The Bertz CT molecular complexity index is 881. The normalized spacial score (nSPS) is 12.6. The number of carbonyl (C=O) groups excluding carboxylic acids is 4. The molecule has 2 aromatic rings. The van der Waals surface area contributed by atoms with Gasteiger partial charge in [0.25, 0.3) is 0 Å². The molecular formula is C23H24N2O5. The fourth-order valence-electron chi connectivity index (χ4n) is 2.62. The van der Waals surface area contributed by atoms with Crippen molar-refractivity contribution in [2.24, 2.45) is 0 Å². The quantitative estimate of drug-likeness (QED) is 0.357. The van der Waals surface area contributed by atoms with Crippen LogP contribution >= 0.6 is 0 Å². The monoisotopic (exact) mass is 408 g/mol. The molecule has 0 radical (unpaired) electrons. The van der Waals surface area contributed by atoms with Gasteiger partial charge in [0.2, 0.25) is 11.7 Å². The number of amides is 2. The number of allylic oxidation sites excluding steroid dienone is 1. The van der Waals surface area contributed by atoms with Crippen LogP contribution in [-0.4, -0.2) is 36.2 Å². The minimum Gasteiger partial charge on any atom is -0.445 e. The summed E-state index contributed by atoms with van der Waals surface area (Å²) in [5.74, 6) is -1.13. The fraction of sp³-hybridized carbons (Fsp3) is 0.217. The van der Waals surface area contributed by atoms with Gasteiger partial charge in [0.05, 0.1) is 0 Å². The van der Waals surface area contributed by atoms with E-state index >= 15 is 0 Å². The Morgan fingerprint density at radius 3 is 2.13 bits per heavy atom. The van der Waals surface area contributed by atoms with E-state index in [1.165, 1.54) is 6.08 Å². The lowest BCUT2D eigenvalue weighted by Crippen LogP contribution is -2.50. The highest BCUT2D eigenvalue weighted by atomic mass is 16.5. The molecule has 2 aromatic carbocycles.